The summed E-state index contributed by atoms with van der Waals surface area (Å²) in [5, 5.41) is 9.54. The number of aliphatic hydroxyl groups is 1. The van der Waals surface area contributed by atoms with Gasteiger partial charge in [-0.05, 0) is 43.9 Å². The van der Waals surface area contributed by atoms with Gasteiger partial charge >= 0.3 is 0 Å². The first kappa shape index (κ1) is 13.1. The molecule has 1 heterocycles. The third kappa shape index (κ3) is 2.42. The van der Waals surface area contributed by atoms with Crippen LogP contribution in [0.3, 0.4) is 0 Å². The molecule has 1 spiro atoms. The van der Waals surface area contributed by atoms with Gasteiger partial charge in [0.25, 0.3) is 0 Å². The Labute approximate surface area is 114 Å². The van der Waals surface area contributed by atoms with Gasteiger partial charge in [-0.25, -0.2) is 0 Å². The van der Waals surface area contributed by atoms with Crippen molar-refractivity contribution < 1.29 is 14.7 Å². The van der Waals surface area contributed by atoms with Crippen molar-refractivity contribution >= 4 is 11.8 Å². The Bertz CT molecular complexity index is 359. The first-order valence-electron chi connectivity index (χ1n) is 7.63. The standard InChI is InChI=1S/C15H23NO3/c17-12-5-3-11(4-6-12)16-13(18)9-15(10-14(16)19)7-1-2-8-15/h11-12,17H,1-10H2. The molecule has 1 aliphatic heterocycles. The lowest BCUT2D eigenvalue weighted by Crippen LogP contribution is -2.53. The van der Waals surface area contributed by atoms with E-state index in [1.807, 2.05) is 0 Å². The van der Waals surface area contributed by atoms with Crippen LogP contribution in [0, 0.1) is 5.41 Å². The van der Waals surface area contributed by atoms with E-state index in [1.54, 1.807) is 0 Å². The van der Waals surface area contributed by atoms with Crippen molar-refractivity contribution in [1.29, 1.82) is 0 Å². The predicted molar refractivity (Wildman–Crippen MR) is 70.3 cm³/mol. The molecule has 3 rings (SSSR count). The van der Waals surface area contributed by atoms with Crippen molar-refractivity contribution in [2.75, 3.05) is 0 Å². The highest BCUT2D eigenvalue weighted by Gasteiger charge is 2.47. The molecule has 1 saturated heterocycles. The third-order valence-electron chi connectivity index (χ3n) is 5.29. The van der Waals surface area contributed by atoms with Crippen molar-refractivity contribution in [1.82, 2.24) is 4.90 Å². The van der Waals surface area contributed by atoms with Crippen LogP contribution in [0.4, 0.5) is 0 Å². The first-order valence-corrected chi connectivity index (χ1v) is 7.63. The van der Waals surface area contributed by atoms with Gasteiger partial charge in [-0.15, -0.1) is 0 Å². The number of amides is 2. The molecule has 4 heteroatoms. The molecular weight excluding hydrogens is 242 g/mol. The van der Waals surface area contributed by atoms with Gasteiger partial charge in [-0.1, -0.05) is 12.8 Å². The number of aliphatic hydroxyl groups excluding tert-OH is 1. The second-order valence-corrected chi connectivity index (χ2v) is 6.68. The Morgan fingerprint density at radius 1 is 0.947 bits per heavy atom. The average Bonchev–Trinajstić information content (AvgIpc) is 2.78. The molecule has 0 aromatic heterocycles. The lowest BCUT2D eigenvalue weighted by atomic mass is 9.75. The molecule has 0 radical (unpaired) electrons. The Hall–Kier alpha value is -0.900. The lowest BCUT2D eigenvalue weighted by Gasteiger charge is -2.42. The zero-order chi connectivity index (χ0) is 13.5. The van der Waals surface area contributed by atoms with Crippen LogP contribution in [0.5, 0.6) is 0 Å². The Kier molecular flexibility index (Phi) is 3.37. The number of likely N-dealkylation sites (tertiary alicyclic amines) is 1. The molecular formula is C15H23NO3. The topological polar surface area (TPSA) is 57.6 Å². The fraction of sp³-hybridized carbons (Fsp3) is 0.867. The summed E-state index contributed by atoms with van der Waals surface area (Å²) in [6.07, 6.45) is 8.27. The van der Waals surface area contributed by atoms with Crippen molar-refractivity contribution in [3.05, 3.63) is 0 Å². The van der Waals surface area contributed by atoms with Crippen LogP contribution in [0.15, 0.2) is 0 Å². The number of hydrogen-bond acceptors (Lipinski definition) is 3. The highest BCUT2D eigenvalue weighted by molar-refractivity contribution is 5.99. The Balaban J connectivity index is 1.70. The van der Waals surface area contributed by atoms with E-state index in [2.05, 4.69) is 0 Å². The van der Waals surface area contributed by atoms with Crippen molar-refractivity contribution in [3.8, 4) is 0 Å². The van der Waals surface area contributed by atoms with Gasteiger partial charge in [0.2, 0.25) is 11.8 Å². The number of carbonyl (C=O) groups excluding carboxylic acids is 2. The number of carbonyl (C=O) groups is 2. The summed E-state index contributed by atoms with van der Waals surface area (Å²) in [5.41, 5.74) is -0.00114. The van der Waals surface area contributed by atoms with E-state index in [1.165, 1.54) is 4.90 Å². The van der Waals surface area contributed by atoms with Crippen LogP contribution in [-0.4, -0.2) is 34.0 Å². The molecule has 2 saturated carbocycles. The first-order chi connectivity index (χ1) is 9.10. The summed E-state index contributed by atoms with van der Waals surface area (Å²) in [5.74, 6) is 0.0825. The SMILES string of the molecule is O=C1CC2(CCCC2)CC(=O)N1C1CCC(O)CC1. The minimum atomic E-state index is -0.243. The molecule has 0 atom stereocenters. The second-order valence-electron chi connectivity index (χ2n) is 6.68. The molecule has 0 bridgehead atoms. The maximum absolute atomic E-state index is 12.4. The summed E-state index contributed by atoms with van der Waals surface area (Å²) in [4.78, 5) is 26.3. The van der Waals surface area contributed by atoms with Crippen LogP contribution in [-0.2, 0) is 9.59 Å². The summed E-state index contributed by atoms with van der Waals surface area (Å²) in [6, 6.07) is 0.0437. The summed E-state index contributed by atoms with van der Waals surface area (Å²) < 4.78 is 0. The van der Waals surface area contributed by atoms with Crippen LogP contribution in [0.2, 0.25) is 0 Å². The van der Waals surface area contributed by atoms with E-state index in [0.717, 1.165) is 38.5 Å². The van der Waals surface area contributed by atoms with Crippen molar-refractivity contribution in [2.45, 2.75) is 76.4 Å². The zero-order valence-electron chi connectivity index (χ0n) is 11.4. The van der Waals surface area contributed by atoms with E-state index >= 15 is 0 Å². The molecule has 4 nitrogen and oxygen atoms in total. The van der Waals surface area contributed by atoms with Crippen LogP contribution in [0.1, 0.15) is 64.2 Å². The molecule has 106 valence electrons. The Morgan fingerprint density at radius 2 is 1.47 bits per heavy atom. The van der Waals surface area contributed by atoms with Gasteiger partial charge in [0.15, 0.2) is 0 Å². The molecule has 3 aliphatic rings. The second kappa shape index (κ2) is 4.89. The van der Waals surface area contributed by atoms with Gasteiger partial charge in [-0.2, -0.15) is 0 Å². The predicted octanol–water partition coefficient (Wildman–Crippen LogP) is 2.00. The molecule has 0 aromatic rings. The van der Waals surface area contributed by atoms with E-state index in [-0.39, 0.29) is 29.4 Å². The molecule has 3 fully saturated rings. The largest absolute Gasteiger partial charge is 0.393 e. The van der Waals surface area contributed by atoms with Gasteiger partial charge in [0.1, 0.15) is 0 Å². The number of imide groups is 1. The maximum atomic E-state index is 12.4. The molecule has 0 unspecified atom stereocenters. The molecule has 2 aliphatic carbocycles. The van der Waals surface area contributed by atoms with Crippen LogP contribution < -0.4 is 0 Å². The highest BCUT2D eigenvalue weighted by atomic mass is 16.3. The highest BCUT2D eigenvalue weighted by Crippen LogP contribution is 2.47. The number of nitrogens with zero attached hydrogens (tertiary/aromatic N) is 1. The minimum Gasteiger partial charge on any atom is -0.393 e. The van der Waals surface area contributed by atoms with Crippen molar-refractivity contribution in [2.24, 2.45) is 5.41 Å². The summed E-state index contributed by atoms with van der Waals surface area (Å²) in [7, 11) is 0. The van der Waals surface area contributed by atoms with Crippen LogP contribution >= 0.6 is 0 Å². The van der Waals surface area contributed by atoms with E-state index in [0.29, 0.717) is 25.7 Å². The number of piperidine rings is 1. The van der Waals surface area contributed by atoms with Crippen LogP contribution in [0.25, 0.3) is 0 Å². The van der Waals surface area contributed by atoms with Crippen molar-refractivity contribution in [3.63, 3.8) is 0 Å². The maximum Gasteiger partial charge on any atom is 0.229 e. The van der Waals surface area contributed by atoms with Gasteiger partial charge < -0.3 is 5.11 Å². The lowest BCUT2D eigenvalue weighted by molar-refractivity contribution is -0.157. The summed E-state index contributed by atoms with van der Waals surface area (Å²) in [6.45, 7) is 0. The van der Waals surface area contributed by atoms with Gasteiger partial charge in [-0.3, -0.25) is 14.5 Å². The smallest absolute Gasteiger partial charge is 0.229 e. The molecule has 1 N–H and O–H groups in total. The normalized spacial score (nSPS) is 35.1. The molecule has 2 amide bonds. The monoisotopic (exact) mass is 265 g/mol. The quantitative estimate of drug-likeness (QED) is 0.738. The zero-order valence-corrected chi connectivity index (χ0v) is 11.4. The minimum absolute atomic E-state index is 0.00114. The average molecular weight is 265 g/mol. The Morgan fingerprint density at radius 3 is 2.00 bits per heavy atom. The fourth-order valence-corrected chi connectivity index (χ4v) is 4.22. The van der Waals surface area contributed by atoms with E-state index < -0.39 is 0 Å². The molecule has 19 heavy (non-hydrogen) atoms. The third-order valence-corrected chi connectivity index (χ3v) is 5.29. The van der Waals surface area contributed by atoms with Gasteiger partial charge in [0, 0.05) is 18.9 Å². The molecule has 0 aromatic carbocycles. The number of rotatable bonds is 1. The fourth-order valence-electron chi connectivity index (χ4n) is 4.22. The summed E-state index contributed by atoms with van der Waals surface area (Å²) >= 11 is 0. The van der Waals surface area contributed by atoms with Gasteiger partial charge in [0.05, 0.1) is 6.10 Å². The number of hydrogen-bond donors (Lipinski definition) is 1. The van der Waals surface area contributed by atoms with E-state index in [4.69, 9.17) is 0 Å². The van der Waals surface area contributed by atoms with E-state index in [9.17, 15) is 14.7 Å².